The molecule has 1 N–H and O–H groups in total. The summed E-state index contributed by atoms with van der Waals surface area (Å²) in [6, 6.07) is 2.67. The second kappa shape index (κ2) is 4.11. The summed E-state index contributed by atoms with van der Waals surface area (Å²) in [6.45, 7) is 7.66. The summed E-state index contributed by atoms with van der Waals surface area (Å²) >= 11 is 0. The highest BCUT2D eigenvalue weighted by Gasteiger charge is 2.17. The fourth-order valence-electron chi connectivity index (χ4n) is 1.62. The van der Waals surface area contributed by atoms with E-state index in [1.54, 1.807) is 0 Å². The molecule has 14 heavy (non-hydrogen) atoms. The van der Waals surface area contributed by atoms with Gasteiger partial charge in [0, 0.05) is 13.1 Å². The monoisotopic (exact) mass is 195 g/mol. The van der Waals surface area contributed by atoms with E-state index in [0.29, 0.717) is 6.04 Å². The van der Waals surface area contributed by atoms with Crippen LogP contribution < -0.4 is 5.32 Å². The summed E-state index contributed by atoms with van der Waals surface area (Å²) in [5.41, 5.74) is 2.35. The van der Waals surface area contributed by atoms with Gasteiger partial charge in [-0.25, -0.2) is 0 Å². The molecule has 0 amide bonds. The molecule has 0 aliphatic carbocycles. The molecule has 1 aromatic heterocycles. The van der Waals surface area contributed by atoms with Crippen molar-refractivity contribution in [2.45, 2.75) is 33.0 Å². The van der Waals surface area contributed by atoms with E-state index >= 15 is 0 Å². The van der Waals surface area contributed by atoms with Gasteiger partial charge in [0.25, 0.3) is 0 Å². The minimum atomic E-state index is 0.538. The van der Waals surface area contributed by atoms with Gasteiger partial charge in [0.2, 0.25) is 0 Å². The predicted molar refractivity (Wildman–Crippen MR) is 54.1 cm³/mol. The van der Waals surface area contributed by atoms with Gasteiger partial charge < -0.3 is 10.1 Å². The summed E-state index contributed by atoms with van der Waals surface area (Å²) in [5.74, 6) is 0. The van der Waals surface area contributed by atoms with E-state index in [9.17, 15) is 0 Å². The number of rotatable bonds is 4. The summed E-state index contributed by atoms with van der Waals surface area (Å²) in [6.07, 6.45) is 0. The molecular weight excluding hydrogens is 178 g/mol. The zero-order chi connectivity index (χ0) is 9.97. The highest BCUT2D eigenvalue weighted by molar-refractivity contribution is 5.08. The van der Waals surface area contributed by atoms with Crippen molar-refractivity contribution >= 4 is 0 Å². The van der Waals surface area contributed by atoms with Gasteiger partial charge in [-0.1, -0.05) is 0 Å². The lowest BCUT2D eigenvalue weighted by Gasteiger charge is -2.26. The van der Waals surface area contributed by atoms with E-state index in [2.05, 4.69) is 23.4 Å². The smallest absolute Gasteiger partial charge is 0.0643 e. The highest BCUT2D eigenvalue weighted by atomic mass is 16.5. The standard InChI is InChI=1S/C10H17N3O/c1-3-13-10(4-8(2)12-13)5-11-9-6-14-7-9/h4,9,11H,3,5-7H2,1-2H3. The van der Waals surface area contributed by atoms with Gasteiger partial charge in [0.1, 0.15) is 0 Å². The zero-order valence-electron chi connectivity index (χ0n) is 8.79. The SMILES string of the molecule is CCn1nc(C)cc1CNC1COC1. The molecule has 2 rings (SSSR count). The minimum Gasteiger partial charge on any atom is -0.378 e. The van der Waals surface area contributed by atoms with Crippen molar-refractivity contribution in [2.24, 2.45) is 0 Å². The highest BCUT2D eigenvalue weighted by Crippen LogP contribution is 2.06. The third-order valence-electron chi connectivity index (χ3n) is 2.49. The molecule has 2 heterocycles. The molecule has 1 aromatic rings. The number of hydrogen-bond donors (Lipinski definition) is 1. The number of nitrogens with one attached hydrogen (secondary N) is 1. The first-order valence-corrected chi connectivity index (χ1v) is 5.14. The number of ether oxygens (including phenoxy) is 1. The third kappa shape index (κ3) is 1.96. The van der Waals surface area contributed by atoms with E-state index in [1.165, 1.54) is 5.69 Å². The topological polar surface area (TPSA) is 39.1 Å². The third-order valence-corrected chi connectivity index (χ3v) is 2.49. The maximum atomic E-state index is 5.10. The Kier molecular flexibility index (Phi) is 2.84. The van der Waals surface area contributed by atoms with E-state index in [1.807, 2.05) is 11.6 Å². The molecule has 4 nitrogen and oxygen atoms in total. The number of aryl methyl sites for hydroxylation is 2. The van der Waals surface area contributed by atoms with E-state index < -0.39 is 0 Å². The Morgan fingerprint density at radius 3 is 3.00 bits per heavy atom. The van der Waals surface area contributed by atoms with Gasteiger partial charge in [-0.05, 0) is 19.9 Å². The molecule has 0 radical (unpaired) electrons. The van der Waals surface area contributed by atoms with Crippen LogP contribution in [-0.2, 0) is 17.8 Å². The molecule has 0 aromatic carbocycles. The Labute approximate surface area is 84.3 Å². The quantitative estimate of drug-likeness (QED) is 0.768. The molecule has 1 fully saturated rings. The summed E-state index contributed by atoms with van der Waals surface area (Å²) in [7, 11) is 0. The number of aromatic nitrogens is 2. The molecule has 78 valence electrons. The summed E-state index contributed by atoms with van der Waals surface area (Å²) < 4.78 is 7.14. The lowest BCUT2D eigenvalue weighted by molar-refractivity contribution is -0.00604. The van der Waals surface area contributed by atoms with Gasteiger partial charge >= 0.3 is 0 Å². The van der Waals surface area contributed by atoms with Crippen LogP contribution in [0.4, 0.5) is 0 Å². The average Bonchev–Trinajstić information content (AvgIpc) is 2.43. The second-order valence-corrected chi connectivity index (χ2v) is 3.71. The maximum absolute atomic E-state index is 5.10. The van der Waals surface area contributed by atoms with Gasteiger partial charge in [0.05, 0.1) is 30.6 Å². The lowest BCUT2D eigenvalue weighted by Crippen LogP contribution is -2.45. The molecule has 4 heteroatoms. The fourth-order valence-corrected chi connectivity index (χ4v) is 1.62. The summed E-state index contributed by atoms with van der Waals surface area (Å²) in [5, 5.41) is 7.83. The largest absolute Gasteiger partial charge is 0.378 e. The van der Waals surface area contributed by atoms with Crippen LogP contribution in [0.2, 0.25) is 0 Å². The first-order chi connectivity index (χ1) is 6.79. The van der Waals surface area contributed by atoms with Gasteiger partial charge in [-0.3, -0.25) is 4.68 Å². The fraction of sp³-hybridized carbons (Fsp3) is 0.700. The van der Waals surface area contributed by atoms with E-state index in [4.69, 9.17) is 4.74 Å². The zero-order valence-corrected chi connectivity index (χ0v) is 8.79. The van der Waals surface area contributed by atoms with Crippen LogP contribution in [0, 0.1) is 6.92 Å². The molecule has 0 atom stereocenters. The minimum absolute atomic E-state index is 0.538. The maximum Gasteiger partial charge on any atom is 0.0643 e. The van der Waals surface area contributed by atoms with Crippen LogP contribution in [0.5, 0.6) is 0 Å². The second-order valence-electron chi connectivity index (χ2n) is 3.71. The van der Waals surface area contributed by atoms with E-state index in [0.717, 1.165) is 32.0 Å². The van der Waals surface area contributed by atoms with Crippen molar-refractivity contribution in [3.63, 3.8) is 0 Å². The first-order valence-electron chi connectivity index (χ1n) is 5.14. The lowest BCUT2D eigenvalue weighted by atomic mass is 10.2. The van der Waals surface area contributed by atoms with Crippen LogP contribution in [0.15, 0.2) is 6.07 Å². The number of hydrogen-bond acceptors (Lipinski definition) is 3. The molecule has 0 saturated carbocycles. The molecule has 0 unspecified atom stereocenters. The van der Waals surface area contributed by atoms with Crippen LogP contribution in [0.3, 0.4) is 0 Å². The first kappa shape index (κ1) is 9.68. The van der Waals surface area contributed by atoms with Crippen molar-refractivity contribution < 1.29 is 4.74 Å². The van der Waals surface area contributed by atoms with Crippen molar-refractivity contribution in [1.82, 2.24) is 15.1 Å². The average molecular weight is 195 g/mol. The molecule has 1 aliphatic heterocycles. The predicted octanol–water partition coefficient (Wildman–Crippen LogP) is 0.700. The van der Waals surface area contributed by atoms with Crippen molar-refractivity contribution in [2.75, 3.05) is 13.2 Å². The van der Waals surface area contributed by atoms with Gasteiger partial charge in [-0.2, -0.15) is 5.10 Å². The van der Waals surface area contributed by atoms with Crippen LogP contribution in [-0.4, -0.2) is 29.0 Å². The Morgan fingerprint density at radius 2 is 2.43 bits per heavy atom. The molecule has 0 spiro atoms. The molecular formula is C10H17N3O. The van der Waals surface area contributed by atoms with Crippen molar-refractivity contribution in [3.05, 3.63) is 17.5 Å². The molecule has 0 bridgehead atoms. The normalized spacial score (nSPS) is 17.0. The Hall–Kier alpha value is -0.870. The van der Waals surface area contributed by atoms with Gasteiger partial charge in [0.15, 0.2) is 0 Å². The number of nitrogens with zero attached hydrogens (tertiary/aromatic N) is 2. The van der Waals surface area contributed by atoms with Crippen LogP contribution >= 0.6 is 0 Å². The van der Waals surface area contributed by atoms with Crippen molar-refractivity contribution in [1.29, 1.82) is 0 Å². The molecule has 1 aliphatic rings. The summed E-state index contributed by atoms with van der Waals surface area (Å²) in [4.78, 5) is 0. The Morgan fingerprint density at radius 1 is 1.64 bits per heavy atom. The van der Waals surface area contributed by atoms with Crippen molar-refractivity contribution in [3.8, 4) is 0 Å². The van der Waals surface area contributed by atoms with Crippen LogP contribution in [0.25, 0.3) is 0 Å². The molecule has 1 saturated heterocycles. The van der Waals surface area contributed by atoms with Crippen LogP contribution in [0.1, 0.15) is 18.3 Å². The Balaban J connectivity index is 1.92. The Bertz CT molecular complexity index is 304. The van der Waals surface area contributed by atoms with Gasteiger partial charge in [-0.15, -0.1) is 0 Å². The van der Waals surface area contributed by atoms with E-state index in [-0.39, 0.29) is 0 Å².